The van der Waals surface area contributed by atoms with Gasteiger partial charge in [0.15, 0.2) is 5.88 Å². The average molecular weight is 319 g/mol. The summed E-state index contributed by atoms with van der Waals surface area (Å²) in [5, 5.41) is 12.0. The topological polar surface area (TPSA) is 48.4 Å². The van der Waals surface area contributed by atoms with Crippen LogP contribution in [0.25, 0.3) is 10.9 Å². The van der Waals surface area contributed by atoms with E-state index >= 15 is 0 Å². The minimum atomic E-state index is 0.0903. The minimum absolute atomic E-state index is 0.0903. The molecule has 0 radical (unpaired) electrons. The lowest BCUT2D eigenvalue weighted by Gasteiger charge is -1.98. The molecule has 1 heterocycles. The van der Waals surface area contributed by atoms with Crippen molar-refractivity contribution in [3.8, 4) is 5.88 Å². The van der Waals surface area contributed by atoms with Crippen molar-refractivity contribution in [3.05, 3.63) is 57.6 Å². The molecule has 3 rings (SSSR count). The Morgan fingerprint density at radius 1 is 1.10 bits per heavy atom. The molecule has 3 aromatic rings. The number of nitrogens with zero attached hydrogens (tertiary/aromatic N) is 1. The molecule has 0 aliphatic rings. The van der Waals surface area contributed by atoms with Crippen LogP contribution in [-0.4, -0.2) is 16.3 Å². The lowest BCUT2D eigenvalue weighted by Crippen LogP contribution is -1.80. The van der Waals surface area contributed by atoms with E-state index in [1.54, 1.807) is 24.4 Å². The van der Waals surface area contributed by atoms with Gasteiger partial charge in [-0.05, 0) is 37.3 Å². The summed E-state index contributed by atoms with van der Waals surface area (Å²) in [6.45, 7) is 2.00. The summed E-state index contributed by atoms with van der Waals surface area (Å²) in [6, 6.07) is 11.0. The highest BCUT2D eigenvalue weighted by atomic mass is 35.5. The lowest BCUT2D eigenvalue weighted by molar-refractivity contribution is 0.457. The number of nitrogens with one attached hydrogen (secondary N) is 1. The van der Waals surface area contributed by atoms with E-state index in [1.807, 2.05) is 25.1 Å². The number of aliphatic imine (C=N–C) groups is 1. The lowest BCUT2D eigenvalue weighted by atomic mass is 10.1. The maximum atomic E-state index is 10.0. The molecule has 0 unspecified atom stereocenters. The third-order valence-corrected chi connectivity index (χ3v) is 3.60. The van der Waals surface area contributed by atoms with Crippen molar-refractivity contribution in [1.29, 1.82) is 0 Å². The summed E-state index contributed by atoms with van der Waals surface area (Å²) in [5.41, 5.74) is 3.25. The molecular weight excluding hydrogens is 307 g/mol. The molecule has 0 saturated heterocycles. The number of H-pyrrole nitrogens is 1. The number of aryl methyl sites for hydroxylation is 1. The normalized spacial score (nSPS) is 11.6. The molecule has 0 spiro atoms. The third kappa shape index (κ3) is 2.89. The molecule has 0 fully saturated rings. The predicted molar refractivity (Wildman–Crippen MR) is 88.4 cm³/mol. The van der Waals surface area contributed by atoms with Gasteiger partial charge in [-0.15, -0.1) is 0 Å². The van der Waals surface area contributed by atoms with Gasteiger partial charge in [-0.1, -0.05) is 34.8 Å². The fourth-order valence-electron chi connectivity index (χ4n) is 2.20. The van der Waals surface area contributed by atoms with E-state index in [2.05, 4.69) is 9.98 Å². The molecule has 0 aliphatic heterocycles. The Morgan fingerprint density at radius 2 is 1.81 bits per heavy atom. The van der Waals surface area contributed by atoms with Gasteiger partial charge in [0, 0.05) is 27.2 Å². The Kier molecular flexibility index (Phi) is 3.62. The van der Waals surface area contributed by atoms with Gasteiger partial charge in [0.2, 0.25) is 0 Å². The molecule has 0 saturated carbocycles. The Balaban J connectivity index is 2.06. The van der Waals surface area contributed by atoms with Crippen LogP contribution in [-0.2, 0) is 0 Å². The summed E-state index contributed by atoms with van der Waals surface area (Å²) in [5.74, 6) is 0.0903. The van der Waals surface area contributed by atoms with Crippen molar-refractivity contribution < 1.29 is 5.11 Å². The molecule has 2 N–H and O–H groups in total. The van der Waals surface area contributed by atoms with Crippen molar-refractivity contribution in [2.24, 2.45) is 4.99 Å². The number of halogens is 2. The SMILES string of the molecule is Cc1ccc2[nH]c(O)c(C=Nc3cc(Cl)cc(Cl)c3)c2c1. The van der Waals surface area contributed by atoms with Crippen molar-refractivity contribution in [3.63, 3.8) is 0 Å². The molecule has 106 valence electrons. The van der Waals surface area contributed by atoms with Crippen LogP contribution in [0, 0.1) is 6.92 Å². The van der Waals surface area contributed by atoms with E-state index in [1.165, 1.54) is 0 Å². The largest absolute Gasteiger partial charge is 0.494 e. The van der Waals surface area contributed by atoms with E-state index in [9.17, 15) is 5.11 Å². The number of benzene rings is 2. The second-order valence-corrected chi connectivity index (χ2v) is 5.70. The van der Waals surface area contributed by atoms with Crippen molar-refractivity contribution in [1.82, 2.24) is 4.98 Å². The van der Waals surface area contributed by atoms with Gasteiger partial charge in [0.05, 0.1) is 11.3 Å². The maximum Gasteiger partial charge on any atom is 0.198 e. The predicted octanol–water partition coefficient (Wildman–Crippen LogP) is 5.24. The van der Waals surface area contributed by atoms with Crippen LogP contribution in [0.2, 0.25) is 10.0 Å². The van der Waals surface area contributed by atoms with Crippen LogP contribution in [0.5, 0.6) is 5.88 Å². The highest BCUT2D eigenvalue weighted by Crippen LogP contribution is 2.28. The first-order valence-electron chi connectivity index (χ1n) is 6.34. The number of rotatable bonds is 2. The van der Waals surface area contributed by atoms with Crippen molar-refractivity contribution in [2.75, 3.05) is 0 Å². The molecule has 0 amide bonds. The molecule has 0 aliphatic carbocycles. The number of aromatic nitrogens is 1. The molecule has 1 aromatic heterocycles. The summed E-state index contributed by atoms with van der Waals surface area (Å²) in [6.07, 6.45) is 1.61. The Hall–Kier alpha value is -1.97. The van der Waals surface area contributed by atoms with Gasteiger partial charge in [-0.2, -0.15) is 0 Å². The van der Waals surface area contributed by atoms with Crippen molar-refractivity contribution in [2.45, 2.75) is 6.92 Å². The summed E-state index contributed by atoms with van der Waals surface area (Å²) in [7, 11) is 0. The Bertz CT molecular complexity index is 833. The van der Waals surface area contributed by atoms with E-state index in [0.717, 1.165) is 16.5 Å². The molecule has 0 atom stereocenters. The maximum absolute atomic E-state index is 10.0. The summed E-state index contributed by atoms with van der Waals surface area (Å²) < 4.78 is 0. The molecule has 2 aromatic carbocycles. The number of hydrogen-bond acceptors (Lipinski definition) is 2. The zero-order valence-electron chi connectivity index (χ0n) is 11.2. The first kappa shape index (κ1) is 14.0. The van der Waals surface area contributed by atoms with Gasteiger partial charge in [0.1, 0.15) is 0 Å². The summed E-state index contributed by atoms with van der Waals surface area (Å²) in [4.78, 5) is 7.26. The number of aromatic hydroxyl groups is 1. The highest BCUT2D eigenvalue weighted by Gasteiger charge is 2.08. The molecule has 0 bridgehead atoms. The highest BCUT2D eigenvalue weighted by molar-refractivity contribution is 6.35. The number of hydrogen-bond donors (Lipinski definition) is 2. The van der Waals surface area contributed by atoms with Gasteiger partial charge in [-0.25, -0.2) is 0 Å². The Labute approximate surface area is 131 Å². The van der Waals surface area contributed by atoms with Crippen LogP contribution in [0.4, 0.5) is 5.69 Å². The standard InChI is InChI=1S/C16H12Cl2N2O/c1-9-2-3-15-13(4-9)14(16(21)20-15)8-19-12-6-10(17)5-11(18)7-12/h2-8,20-21H,1H3. The fraction of sp³-hybridized carbons (Fsp3) is 0.0625. The smallest absolute Gasteiger partial charge is 0.198 e. The van der Waals surface area contributed by atoms with Crippen LogP contribution in [0.3, 0.4) is 0 Å². The molecule has 5 heteroatoms. The van der Waals surface area contributed by atoms with Gasteiger partial charge in [0.25, 0.3) is 0 Å². The van der Waals surface area contributed by atoms with Crippen LogP contribution in [0.1, 0.15) is 11.1 Å². The van der Waals surface area contributed by atoms with Crippen LogP contribution < -0.4 is 0 Å². The quantitative estimate of drug-likeness (QED) is 0.624. The zero-order valence-corrected chi connectivity index (χ0v) is 12.7. The van der Waals surface area contributed by atoms with E-state index < -0.39 is 0 Å². The fourth-order valence-corrected chi connectivity index (χ4v) is 2.71. The molecule has 21 heavy (non-hydrogen) atoms. The average Bonchev–Trinajstić information content (AvgIpc) is 2.70. The summed E-state index contributed by atoms with van der Waals surface area (Å²) >= 11 is 11.9. The van der Waals surface area contributed by atoms with Gasteiger partial charge in [-0.3, -0.25) is 4.99 Å². The second-order valence-electron chi connectivity index (χ2n) is 4.82. The first-order valence-corrected chi connectivity index (χ1v) is 7.10. The first-order chi connectivity index (χ1) is 10.0. The van der Waals surface area contributed by atoms with E-state index in [4.69, 9.17) is 23.2 Å². The zero-order chi connectivity index (χ0) is 15.0. The third-order valence-electron chi connectivity index (χ3n) is 3.16. The molecule has 3 nitrogen and oxygen atoms in total. The molecular formula is C16H12Cl2N2O. The van der Waals surface area contributed by atoms with Crippen LogP contribution >= 0.6 is 23.2 Å². The monoisotopic (exact) mass is 318 g/mol. The van der Waals surface area contributed by atoms with E-state index in [-0.39, 0.29) is 5.88 Å². The number of aromatic amines is 1. The number of fused-ring (bicyclic) bond motifs is 1. The minimum Gasteiger partial charge on any atom is -0.494 e. The Morgan fingerprint density at radius 3 is 2.52 bits per heavy atom. The van der Waals surface area contributed by atoms with Crippen molar-refractivity contribution >= 4 is 46.0 Å². The second kappa shape index (κ2) is 5.43. The van der Waals surface area contributed by atoms with E-state index in [0.29, 0.717) is 21.3 Å². The van der Waals surface area contributed by atoms with Gasteiger partial charge < -0.3 is 10.1 Å². The van der Waals surface area contributed by atoms with Gasteiger partial charge >= 0.3 is 0 Å². The van der Waals surface area contributed by atoms with Crippen LogP contribution in [0.15, 0.2) is 41.4 Å².